The van der Waals surface area contributed by atoms with Crippen molar-refractivity contribution >= 4 is 34.1 Å². The molecule has 1 aliphatic heterocycles. The van der Waals surface area contributed by atoms with Crippen LogP contribution in [0.15, 0.2) is 36.8 Å². The van der Waals surface area contributed by atoms with Gasteiger partial charge in [-0.05, 0) is 31.7 Å². The number of fused-ring (bicyclic) bond motifs is 1. The van der Waals surface area contributed by atoms with E-state index in [1.807, 2.05) is 6.07 Å². The first-order valence-electron chi connectivity index (χ1n) is 11.8. The number of carbonyl (C=O) groups is 1. The maximum absolute atomic E-state index is 15.1. The third-order valence-corrected chi connectivity index (χ3v) is 6.35. The fourth-order valence-corrected chi connectivity index (χ4v) is 4.37. The first-order chi connectivity index (χ1) is 17.8. The van der Waals surface area contributed by atoms with Gasteiger partial charge < -0.3 is 30.6 Å². The van der Waals surface area contributed by atoms with Gasteiger partial charge in [0.1, 0.15) is 17.7 Å². The number of halogens is 2. The number of primary amides is 1. The number of aromatic nitrogens is 4. The fourth-order valence-electron chi connectivity index (χ4n) is 4.37. The van der Waals surface area contributed by atoms with Gasteiger partial charge in [0, 0.05) is 43.3 Å². The number of piperazine rings is 1. The van der Waals surface area contributed by atoms with Gasteiger partial charge in [0.25, 0.3) is 5.91 Å². The molecule has 0 spiro atoms. The third kappa shape index (κ3) is 4.87. The molecule has 0 atom stereocenters. The average Bonchev–Trinajstić information content (AvgIpc) is 3.30. The Morgan fingerprint density at radius 1 is 1.16 bits per heavy atom. The van der Waals surface area contributed by atoms with Gasteiger partial charge in [-0.1, -0.05) is 6.92 Å². The number of anilines is 3. The Morgan fingerprint density at radius 3 is 2.62 bits per heavy atom. The second-order valence-corrected chi connectivity index (χ2v) is 8.73. The van der Waals surface area contributed by atoms with E-state index in [1.165, 1.54) is 6.07 Å². The lowest BCUT2D eigenvalue weighted by molar-refractivity contribution is 0.0998. The molecule has 4 aromatic rings. The maximum atomic E-state index is 15.1. The first kappa shape index (κ1) is 24.4. The van der Waals surface area contributed by atoms with Gasteiger partial charge in [0.15, 0.2) is 23.2 Å². The summed E-state index contributed by atoms with van der Waals surface area (Å²) in [6, 6.07) is 6.02. The normalized spacial score (nSPS) is 14.2. The summed E-state index contributed by atoms with van der Waals surface area (Å²) in [5, 5.41) is 2.96. The second-order valence-electron chi connectivity index (χ2n) is 8.73. The predicted octanol–water partition coefficient (Wildman–Crippen LogP) is 3.72. The van der Waals surface area contributed by atoms with Crippen molar-refractivity contribution in [3.05, 3.63) is 59.7 Å². The number of aryl methyl sites for hydroxylation is 1. The monoisotopic (exact) mass is 508 g/mol. The number of aromatic amines is 1. The van der Waals surface area contributed by atoms with E-state index in [1.54, 1.807) is 19.2 Å². The van der Waals surface area contributed by atoms with Crippen molar-refractivity contribution in [3.63, 3.8) is 0 Å². The van der Waals surface area contributed by atoms with Crippen LogP contribution in [0.4, 0.5) is 26.1 Å². The van der Waals surface area contributed by atoms with Crippen molar-refractivity contribution in [3.8, 4) is 11.6 Å². The molecule has 10 nitrogen and oxygen atoms in total. The topological polar surface area (TPSA) is 125 Å². The second kappa shape index (κ2) is 9.97. The number of hydrogen-bond acceptors (Lipinski definition) is 8. The molecule has 4 heterocycles. The highest BCUT2D eigenvalue weighted by atomic mass is 19.1. The van der Waals surface area contributed by atoms with Crippen LogP contribution < -0.4 is 20.7 Å². The van der Waals surface area contributed by atoms with Crippen LogP contribution in [0.1, 0.15) is 23.0 Å². The molecule has 5 rings (SSSR count). The van der Waals surface area contributed by atoms with Gasteiger partial charge in [0.2, 0.25) is 5.88 Å². The summed E-state index contributed by atoms with van der Waals surface area (Å²) < 4.78 is 35.1. The zero-order valence-corrected chi connectivity index (χ0v) is 20.4. The number of amides is 1. The quantitative estimate of drug-likeness (QED) is 0.345. The third-order valence-electron chi connectivity index (χ3n) is 6.35. The highest BCUT2D eigenvalue weighted by Crippen LogP contribution is 2.34. The van der Waals surface area contributed by atoms with Crippen LogP contribution in [-0.4, -0.2) is 63.5 Å². The predicted molar refractivity (Wildman–Crippen MR) is 135 cm³/mol. The lowest BCUT2D eigenvalue weighted by Crippen LogP contribution is -2.46. The molecule has 1 fully saturated rings. The summed E-state index contributed by atoms with van der Waals surface area (Å²) in [5.41, 5.74) is 6.94. The zero-order chi connectivity index (χ0) is 26.1. The highest BCUT2D eigenvalue weighted by molar-refractivity contribution is 6.00. The number of carbonyl (C=O) groups excluding carboxylic acids is 1. The molecular formula is C25H26F2N8O2. The number of benzene rings is 1. The maximum Gasteiger partial charge on any atom is 0.258 e. The molecule has 12 heteroatoms. The van der Waals surface area contributed by atoms with E-state index in [0.717, 1.165) is 50.8 Å². The number of nitrogens with two attached hydrogens (primary N) is 1. The molecule has 3 aromatic heterocycles. The molecule has 4 N–H and O–H groups in total. The Hall–Kier alpha value is -4.32. The minimum Gasteiger partial charge on any atom is -0.435 e. The Labute approximate surface area is 211 Å². The number of pyridine rings is 1. The van der Waals surface area contributed by atoms with Crippen molar-refractivity contribution in [2.75, 3.05) is 42.9 Å². The summed E-state index contributed by atoms with van der Waals surface area (Å²) in [4.78, 5) is 32.2. The van der Waals surface area contributed by atoms with Crippen LogP contribution in [0.25, 0.3) is 10.9 Å². The van der Waals surface area contributed by atoms with Crippen LogP contribution in [0.2, 0.25) is 0 Å². The first-order valence-corrected chi connectivity index (χ1v) is 11.8. The average molecular weight is 509 g/mol. The van der Waals surface area contributed by atoms with Gasteiger partial charge in [-0.25, -0.2) is 23.7 Å². The molecule has 37 heavy (non-hydrogen) atoms. The van der Waals surface area contributed by atoms with Crippen LogP contribution >= 0.6 is 0 Å². The number of ether oxygens (including phenoxy) is 1. The molecule has 1 aromatic carbocycles. The minimum atomic E-state index is -0.914. The lowest BCUT2D eigenvalue weighted by Gasteiger charge is -2.35. The van der Waals surface area contributed by atoms with Gasteiger partial charge in [-0.2, -0.15) is 0 Å². The standard InChI is InChI=1S/C25H26F2N8O2/c1-3-34-6-8-35(9-7-34)15-4-5-19(29-12-15)33-24-20(23(28)36)25(31-13-30-24)37-18-11-17(26)22-16(21(18)27)10-14(2)32-22/h4-5,10-13,32H,3,6-9H2,1-2H3,(H2,28,36)(H,29,30,31,33). The molecule has 0 saturated carbocycles. The summed E-state index contributed by atoms with van der Waals surface area (Å²) in [7, 11) is 0. The number of likely N-dealkylation sites (N-methyl/N-ethyl adjacent to an activating group) is 1. The van der Waals surface area contributed by atoms with E-state index in [0.29, 0.717) is 11.5 Å². The van der Waals surface area contributed by atoms with Gasteiger partial charge >= 0.3 is 0 Å². The Balaban J connectivity index is 1.39. The summed E-state index contributed by atoms with van der Waals surface area (Å²) >= 11 is 0. The van der Waals surface area contributed by atoms with Gasteiger partial charge in [-0.3, -0.25) is 4.79 Å². The number of rotatable bonds is 7. The Kier molecular flexibility index (Phi) is 6.57. The number of hydrogen-bond donors (Lipinski definition) is 3. The largest absolute Gasteiger partial charge is 0.435 e. The molecule has 1 saturated heterocycles. The molecule has 192 valence electrons. The van der Waals surface area contributed by atoms with Crippen LogP contribution in [-0.2, 0) is 0 Å². The smallest absolute Gasteiger partial charge is 0.258 e. The summed E-state index contributed by atoms with van der Waals surface area (Å²) in [6.07, 6.45) is 2.86. The zero-order valence-electron chi connectivity index (χ0n) is 20.4. The van der Waals surface area contributed by atoms with E-state index < -0.39 is 23.3 Å². The van der Waals surface area contributed by atoms with Crippen LogP contribution in [0.5, 0.6) is 11.6 Å². The lowest BCUT2D eigenvalue weighted by atomic mass is 10.2. The summed E-state index contributed by atoms with van der Waals surface area (Å²) in [6.45, 7) is 8.66. The molecule has 0 aliphatic carbocycles. The van der Waals surface area contributed by atoms with Crippen molar-refractivity contribution in [2.24, 2.45) is 5.73 Å². The van der Waals surface area contributed by atoms with Gasteiger partial charge in [0.05, 0.1) is 17.4 Å². The van der Waals surface area contributed by atoms with E-state index in [2.05, 4.69) is 42.0 Å². The van der Waals surface area contributed by atoms with E-state index in [4.69, 9.17) is 10.5 Å². The highest BCUT2D eigenvalue weighted by Gasteiger charge is 2.23. The number of nitrogens with one attached hydrogen (secondary N) is 2. The van der Waals surface area contributed by atoms with Crippen molar-refractivity contribution in [1.82, 2.24) is 24.8 Å². The number of nitrogens with zero attached hydrogens (tertiary/aromatic N) is 5. The Bertz CT molecular complexity index is 1450. The van der Waals surface area contributed by atoms with Crippen molar-refractivity contribution < 1.29 is 18.3 Å². The van der Waals surface area contributed by atoms with Crippen molar-refractivity contribution in [2.45, 2.75) is 13.8 Å². The number of H-pyrrole nitrogens is 1. The van der Waals surface area contributed by atoms with E-state index >= 15 is 4.39 Å². The molecule has 0 unspecified atom stereocenters. The molecular weight excluding hydrogens is 482 g/mol. The van der Waals surface area contributed by atoms with Crippen LogP contribution in [0.3, 0.4) is 0 Å². The van der Waals surface area contributed by atoms with E-state index in [-0.39, 0.29) is 28.2 Å². The molecule has 0 radical (unpaired) electrons. The Morgan fingerprint density at radius 2 is 1.95 bits per heavy atom. The molecule has 1 aliphatic rings. The molecule has 1 amide bonds. The van der Waals surface area contributed by atoms with Crippen molar-refractivity contribution in [1.29, 1.82) is 0 Å². The van der Waals surface area contributed by atoms with E-state index in [9.17, 15) is 9.18 Å². The van der Waals surface area contributed by atoms with Gasteiger partial charge in [-0.15, -0.1) is 0 Å². The minimum absolute atomic E-state index is 0.0147. The summed E-state index contributed by atoms with van der Waals surface area (Å²) in [5.74, 6) is -2.77. The SMILES string of the molecule is CCN1CCN(c2ccc(Nc3ncnc(Oc4cc(F)c5[nH]c(C)cc5c4F)c3C(N)=O)nc2)CC1. The van der Waals surface area contributed by atoms with Crippen LogP contribution in [0, 0.1) is 18.6 Å². The molecule has 0 bridgehead atoms. The fraction of sp³-hybridized carbons (Fsp3) is 0.280.